The molecule has 0 N–H and O–H groups in total. The highest BCUT2D eigenvalue weighted by Gasteiger charge is 2.44. The molecule has 0 heterocycles. The van der Waals surface area contributed by atoms with Crippen molar-refractivity contribution in [2.45, 2.75) is 6.18 Å². The molecule has 4 aromatic carbocycles. The molecule has 0 spiro atoms. The summed E-state index contributed by atoms with van der Waals surface area (Å²) in [5.41, 5.74) is 0.125. The van der Waals surface area contributed by atoms with Crippen molar-refractivity contribution in [3.8, 4) is 0 Å². The molecule has 5 heteroatoms. The van der Waals surface area contributed by atoms with Crippen LogP contribution in [0.3, 0.4) is 0 Å². The minimum absolute atomic E-state index is 0. The summed E-state index contributed by atoms with van der Waals surface area (Å²) in [5.74, 6) is 0. The van der Waals surface area contributed by atoms with Crippen LogP contribution in [0.5, 0.6) is 0 Å². The van der Waals surface area contributed by atoms with Gasteiger partial charge in [-0.3, -0.25) is 0 Å². The highest BCUT2D eigenvalue weighted by Crippen LogP contribution is 2.55. The van der Waals surface area contributed by atoms with Crippen molar-refractivity contribution < 1.29 is 25.6 Å². The second kappa shape index (κ2) is 10.8. The summed E-state index contributed by atoms with van der Waals surface area (Å²) in [6, 6.07) is 36.8. The standard InChI is InChI=1S/C28H23F3P.ClH/c29-28(30,31)24-20-18-23(19-21-24)11-10-22-32(25-12-4-1-5-13-25,26-14-6-2-7-15-26)27-16-8-3-9-17-27;/h1-21H,22H2;1H/q+1;/p-1/b11-10+;. The second-order valence-corrected chi connectivity index (χ2v) is 11.1. The van der Waals surface area contributed by atoms with Crippen molar-refractivity contribution in [3.63, 3.8) is 0 Å². The second-order valence-electron chi connectivity index (χ2n) is 7.52. The lowest BCUT2D eigenvalue weighted by molar-refractivity contribution is -0.137. The zero-order valence-electron chi connectivity index (χ0n) is 17.8. The zero-order valence-corrected chi connectivity index (χ0v) is 19.4. The summed E-state index contributed by atoms with van der Waals surface area (Å²) < 4.78 is 38.6. The lowest BCUT2D eigenvalue weighted by Crippen LogP contribution is -3.00. The Kier molecular flexibility index (Phi) is 8.13. The molecule has 0 nitrogen and oxygen atoms in total. The molecule has 4 rings (SSSR count). The number of halogens is 4. The van der Waals surface area contributed by atoms with Gasteiger partial charge in [-0.2, -0.15) is 13.2 Å². The van der Waals surface area contributed by atoms with Crippen molar-refractivity contribution in [2.75, 3.05) is 6.16 Å². The average molecular weight is 483 g/mol. The maximum atomic E-state index is 12.9. The molecule has 33 heavy (non-hydrogen) atoms. The van der Waals surface area contributed by atoms with Gasteiger partial charge < -0.3 is 12.4 Å². The molecular formula is C28H23ClF3P. The third-order valence-electron chi connectivity index (χ3n) is 5.52. The number of hydrogen-bond acceptors (Lipinski definition) is 0. The fourth-order valence-electron chi connectivity index (χ4n) is 3.94. The van der Waals surface area contributed by atoms with E-state index in [9.17, 15) is 13.2 Å². The first kappa shape index (κ1) is 24.8. The minimum atomic E-state index is -4.32. The van der Waals surface area contributed by atoms with E-state index < -0.39 is 19.0 Å². The predicted octanol–water partition coefficient (Wildman–Crippen LogP) is 3.72. The van der Waals surface area contributed by atoms with Crippen LogP contribution in [0, 0.1) is 0 Å². The lowest BCUT2D eigenvalue weighted by Gasteiger charge is -2.26. The Hall–Kier alpha value is -2.87. The molecule has 0 amide bonds. The Balaban J connectivity index is 0.00000306. The van der Waals surface area contributed by atoms with E-state index >= 15 is 0 Å². The van der Waals surface area contributed by atoms with Crippen molar-refractivity contribution in [3.05, 3.63) is 132 Å². The van der Waals surface area contributed by atoms with Crippen LogP contribution in [-0.4, -0.2) is 6.16 Å². The Morgan fingerprint density at radius 2 is 0.970 bits per heavy atom. The molecule has 0 atom stereocenters. The first-order valence-electron chi connectivity index (χ1n) is 10.4. The Bertz CT molecular complexity index is 1060. The van der Waals surface area contributed by atoms with E-state index in [0.717, 1.165) is 23.9 Å². The number of allylic oxidation sites excluding steroid dienone is 1. The molecule has 0 saturated heterocycles. The quantitative estimate of drug-likeness (QED) is 0.368. The highest BCUT2D eigenvalue weighted by atomic mass is 35.5. The van der Waals surface area contributed by atoms with E-state index in [1.165, 1.54) is 28.0 Å². The molecular weight excluding hydrogens is 460 g/mol. The zero-order chi connectivity index (χ0) is 22.4. The molecule has 0 bridgehead atoms. The summed E-state index contributed by atoms with van der Waals surface area (Å²) in [6.45, 7) is 0. The van der Waals surface area contributed by atoms with Crippen molar-refractivity contribution in [2.24, 2.45) is 0 Å². The van der Waals surface area contributed by atoms with Gasteiger partial charge in [0.15, 0.2) is 0 Å². The van der Waals surface area contributed by atoms with Crippen LogP contribution >= 0.6 is 7.26 Å². The monoisotopic (exact) mass is 482 g/mol. The van der Waals surface area contributed by atoms with E-state index in [-0.39, 0.29) is 12.4 Å². The average Bonchev–Trinajstić information content (AvgIpc) is 2.83. The molecule has 0 unspecified atom stereocenters. The highest BCUT2D eigenvalue weighted by molar-refractivity contribution is 7.95. The fraction of sp³-hybridized carbons (Fsp3) is 0.0714. The molecule has 0 fully saturated rings. The summed E-state index contributed by atoms with van der Waals surface area (Å²) in [4.78, 5) is 0. The van der Waals surface area contributed by atoms with E-state index in [4.69, 9.17) is 0 Å². The summed E-state index contributed by atoms with van der Waals surface area (Å²) in [5, 5.41) is 3.82. The van der Waals surface area contributed by atoms with E-state index in [0.29, 0.717) is 0 Å². The predicted molar refractivity (Wildman–Crippen MR) is 130 cm³/mol. The van der Waals surface area contributed by atoms with Gasteiger partial charge in [0.25, 0.3) is 0 Å². The number of benzene rings is 4. The van der Waals surface area contributed by atoms with Gasteiger partial charge in [-0.1, -0.05) is 72.8 Å². The topological polar surface area (TPSA) is 0 Å². The van der Waals surface area contributed by atoms with Crippen LogP contribution in [0.4, 0.5) is 13.2 Å². The molecule has 0 aromatic heterocycles. The normalized spacial score (nSPS) is 11.8. The van der Waals surface area contributed by atoms with Gasteiger partial charge in [0.2, 0.25) is 0 Å². The Labute approximate surface area is 199 Å². The van der Waals surface area contributed by atoms with Gasteiger partial charge in [-0.05, 0) is 60.2 Å². The number of rotatable bonds is 6. The first-order chi connectivity index (χ1) is 15.5. The lowest BCUT2D eigenvalue weighted by atomic mass is 10.1. The number of alkyl halides is 3. The van der Waals surface area contributed by atoms with E-state index in [1.807, 2.05) is 24.3 Å². The molecule has 0 saturated carbocycles. The van der Waals surface area contributed by atoms with Crippen molar-refractivity contribution in [1.82, 2.24) is 0 Å². The number of hydrogen-bond donors (Lipinski definition) is 0. The van der Waals surface area contributed by atoms with Crippen LogP contribution in [0.15, 0.2) is 121 Å². The minimum Gasteiger partial charge on any atom is -1.00 e. The SMILES string of the molecule is FC(F)(F)c1ccc(/C=C/C[P+](c2ccccc2)(c2ccccc2)c2ccccc2)cc1.[Cl-]. The van der Waals surface area contributed by atoms with E-state index in [2.05, 4.69) is 78.9 Å². The van der Waals surface area contributed by atoms with Crippen LogP contribution in [0.25, 0.3) is 6.08 Å². The fourth-order valence-corrected chi connectivity index (χ4v) is 7.93. The van der Waals surface area contributed by atoms with Crippen LogP contribution in [-0.2, 0) is 6.18 Å². The molecule has 0 aliphatic carbocycles. The first-order valence-corrected chi connectivity index (χ1v) is 12.4. The van der Waals surface area contributed by atoms with Crippen LogP contribution < -0.4 is 28.3 Å². The van der Waals surface area contributed by atoms with Gasteiger partial charge in [-0.25, -0.2) is 0 Å². The third-order valence-corrected chi connectivity index (χ3v) is 9.82. The van der Waals surface area contributed by atoms with Crippen LogP contribution in [0.1, 0.15) is 11.1 Å². The van der Waals surface area contributed by atoms with Crippen LogP contribution in [0.2, 0.25) is 0 Å². The summed E-state index contributed by atoms with van der Waals surface area (Å²) >= 11 is 0. The van der Waals surface area contributed by atoms with Gasteiger partial charge in [0.1, 0.15) is 23.2 Å². The molecule has 0 aliphatic rings. The van der Waals surface area contributed by atoms with E-state index in [1.54, 1.807) is 0 Å². The van der Waals surface area contributed by atoms with Crippen molar-refractivity contribution >= 4 is 29.3 Å². The maximum Gasteiger partial charge on any atom is 0.416 e. The van der Waals surface area contributed by atoms with Gasteiger partial charge >= 0.3 is 6.18 Å². The molecule has 168 valence electrons. The van der Waals surface area contributed by atoms with Crippen molar-refractivity contribution in [1.29, 1.82) is 0 Å². The molecule has 4 aromatic rings. The van der Waals surface area contributed by atoms with Gasteiger partial charge in [-0.15, -0.1) is 0 Å². The largest absolute Gasteiger partial charge is 1.00 e. The maximum absolute atomic E-state index is 12.9. The van der Waals surface area contributed by atoms with Gasteiger partial charge in [0, 0.05) is 0 Å². The molecule has 0 aliphatic heterocycles. The summed E-state index contributed by atoms with van der Waals surface area (Å²) in [7, 11) is -1.99. The summed E-state index contributed by atoms with van der Waals surface area (Å²) in [6.07, 6.45) is 0.468. The smallest absolute Gasteiger partial charge is 0.416 e. The molecule has 0 radical (unpaired) electrons. The van der Waals surface area contributed by atoms with Gasteiger partial charge in [0.05, 0.1) is 11.7 Å². The third kappa shape index (κ3) is 5.55. The Morgan fingerprint density at radius 3 is 1.33 bits per heavy atom. The Morgan fingerprint density at radius 1 is 0.576 bits per heavy atom.